The van der Waals surface area contributed by atoms with Gasteiger partial charge in [0.1, 0.15) is 10.8 Å². The first-order valence-corrected chi connectivity index (χ1v) is 10.2. The summed E-state index contributed by atoms with van der Waals surface area (Å²) in [6.45, 7) is 4.93. The van der Waals surface area contributed by atoms with Gasteiger partial charge >= 0.3 is 0 Å². The molecule has 1 fully saturated rings. The van der Waals surface area contributed by atoms with E-state index in [0.717, 1.165) is 42.3 Å². The van der Waals surface area contributed by atoms with E-state index in [2.05, 4.69) is 27.5 Å². The molecule has 1 saturated heterocycles. The predicted octanol–water partition coefficient (Wildman–Crippen LogP) is 3.26. The highest BCUT2D eigenvalue weighted by Gasteiger charge is 2.34. The topological polar surface area (TPSA) is 58.5 Å². The van der Waals surface area contributed by atoms with E-state index in [9.17, 15) is 4.39 Å². The number of guanidine groups is 1. The van der Waals surface area contributed by atoms with Gasteiger partial charge in [-0.25, -0.2) is 9.37 Å². The minimum atomic E-state index is -0.207. The molecule has 146 valence electrons. The first-order chi connectivity index (χ1) is 13.1. The van der Waals surface area contributed by atoms with Crippen LogP contribution in [0.5, 0.6) is 0 Å². The second-order valence-corrected chi connectivity index (χ2v) is 7.95. The van der Waals surface area contributed by atoms with Crippen molar-refractivity contribution in [2.75, 3.05) is 26.8 Å². The summed E-state index contributed by atoms with van der Waals surface area (Å²) >= 11 is 1.72. The van der Waals surface area contributed by atoms with Crippen molar-refractivity contribution < 1.29 is 9.13 Å². The highest BCUT2D eigenvalue weighted by Crippen LogP contribution is 2.34. The second kappa shape index (κ2) is 9.28. The molecule has 0 bridgehead atoms. The lowest BCUT2D eigenvalue weighted by Crippen LogP contribution is -2.47. The number of rotatable bonds is 6. The number of halogens is 1. The summed E-state index contributed by atoms with van der Waals surface area (Å²) in [5.74, 6) is 0.539. The average Bonchev–Trinajstić information content (AvgIpc) is 3.17. The van der Waals surface area contributed by atoms with Crippen LogP contribution in [0, 0.1) is 5.82 Å². The summed E-state index contributed by atoms with van der Waals surface area (Å²) in [5.41, 5.74) is 1.06. The van der Waals surface area contributed by atoms with E-state index >= 15 is 0 Å². The Balaban J connectivity index is 1.63. The minimum absolute atomic E-state index is 0.0832. The van der Waals surface area contributed by atoms with Gasteiger partial charge in [-0.3, -0.25) is 4.99 Å². The van der Waals surface area contributed by atoms with Crippen LogP contribution in [0.1, 0.15) is 35.2 Å². The van der Waals surface area contributed by atoms with Gasteiger partial charge in [-0.2, -0.15) is 0 Å². The van der Waals surface area contributed by atoms with E-state index in [4.69, 9.17) is 4.74 Å². The number of nitrogens with zero attached hydrogens (tertiary/aromatic N) is 2. The third-order valence-corrected chi connectivity index (χ3v) is 6.22. The highest BCUT2D eigenvalue weighted by atomic mass is 32.1. The maximum atomic E-state index is 13.4. The molecule has 1 aromatic heterocycles. The molecule has 0 atom stereocenters. The van der Waals surface area contributed by atoms with Crippen molar-refractivity contribution in [2.45, 2.75) is 38.1 Å². The Morgan fingerprint density at radius 2 is 2.00 bits per heavy atom. The van der Waals surface area contributed by atoms with Gasteiger partial charge in [0.15, 0.2) is 5.96 Å². The number of hydrogen-bond acceptors (Lipinski definition) is 4. The van der Waals surface area contributed by atoms with Crippen molar-refractivity contribution in [3.63, 3.8) is 0 Å². The van der Waals surface area contributed by atoms with Crippen LogP contribution in [0.4, 0.5) is 4.39 Å². The van der Waals surface area contributed by atoms with Gasteiger partial charge in [-0.05, 0) is 37.0 Å². The maximum absolute atomic E-state index is 13.4. The van der Waals surface area contributed by atoms with E-state index in [0.29, 0.717) is 19.8 Å². The fourth-order valence-corrected chi connectivity index (χ4v) is 4.16. The van der Waals surface area contributed by atoms with Crippen molar-refractivity contribution in [3.05, 3.63) is 51.7 Å². The van der Waals surface area contributed by atoms with E-state index in [-0.39, 0.29) is 11.2 Å². The molecule has 1 aliphatic rings. The molecule has 27 heavy (non-hydrogen) atoms. The van der Waals surface area contributed by atoms with Crippen LogP contribution in [0.15, 0.2) is 35.5 Å². The summed E-state index contributed by atoms with van der Waals surface area (Å²) in [4.78, 5) is 10.1. The van der Waals surface area contributed by atoms with Crippen molar-refractivity contribution in [1.29, 1.82) is 0 Å². The zero-order valence-electron chi connectivity index (χ0n) is 15.9. The summed E-state index contributed by atoms with van der Waals surface area (Å²) in [7, 11) is 1.77. The van der Waals surface area contributed by atoms with E-state index in [1.165, 1.54) is 17.0 Å². The lowest BCUT2D eigenvalue weighted by atomic mass is 9.74. The molecule has 0 unspecified atom stereocenters. The van der Waals surface area contributed by atoms with Gasteiger partial charge in [0.2, 0.25) is 0 Å². The zero-order valence-corrected chi connectivity index (χ0v) is 16.7. The molecule has 7 heteroatoms. The smallest absolute Gasteiger partial charge is 0.191 e. The van der Waals surface area contributed by atoms with E-state index < -0.39 is 0 Å². The molecule has 1 aromatic carbocycles. The molecule has 5 nitrogen and oxygen atoms in total. The molecule has 3 rings (SSSR count). The fraction of sp³-hybridized carbons (Fsp3) is 0.500. The summed E-state index contributed by atoms with van der Waals surface area (Å²) in [6.07, 6.45) is 4.74. The van der Waals surface area contributed by atoms with Crippen LogP contribution in [-0.4, -0.2) is 37.7 Å². The van der Waals surface area contributed by atoms with Crippen LogP contribution in [0.25, 0.3) is 0 Å². The van der Waals surface area contributed by atoms with Gasteiger partial charge in [0.25, 0.3) is 0 Å². The number of aromatic nitrogens is 1. The molecule has 0 aliphatic carbocycles. The minimum Gasteiger partial charge on any atom is -0.381 e. The molecule has 2 heterocycles. The molecule has 0 radical (unpaired) electrons. The Morgan fingerprint density at radius 3 is 2.63 bits per heavy atom. The lowest BCUT2D eigenvalue weighted by Gasteiger charge is -2.38. The van der Waals surface area contributed by atoms with Crippen LogP contribution >= 0.6 is 11.3 Å². The van der Waals surface area contributed by atoms with Crippen LogP contribution < -0.4 is 10.6 Å². The number of aryl methyl sites for hydroxylation is 1. The van der Waals surface area contributed by atoms with Crippen LogP contribution in [0.2, 0.25) is 0 Å². The normalized spacial score (nSPS) is 16.9. The molecule has 2 N–H and O–H groups in total. The van der Waals surface area contributed by atoms with E-state index in [1.54, 1.807) is 18.4 Å². The number of ether oxygens (including phenoxy) is 1. The molecule has 0 saturated carbocycles. The first-order valence-electron chi connectivity index (χ1n) is 9.37. The first kappa shape index (κ1) is 19.8. The molecular formula is C20H27FN4OS. The van der Waals surface area contributed by atoms with E-state index in [1.807, 2.05) is 18.3 Å². The van der Waals surface area contributed by atoms with Crippen molar-refractivity contribution >= 4 is 17.3 Å². The maximum Gasteiger partial charge on any atom is 0.191 e. The van der Waals surface area contributed by atoms with Gasteiger partial charge in [-0.1, -0.05) is 19.1 Å². The predicted molar refractivity (Wildman–Crippen MR) is 108 cm³/mol. The Labute approximate surface area is 164 Å². The second-order valence-electron chi connectivity index (χ2n) is 6.75. The van der Waals surface area contributed by atoms with Gasteiger partial charge in [-0.15, -0.1) is 11.3 Å². The molecular weight excluding hydrogens is 363 g/mol. The third kappa shape index (κ3) is 5.05. The molecule has 0 spiro atoms. The number of hydrogen-bond donors (Lipinski definition) is 2. The highest BCUT2D eigenvalue weighted by molar-refractivity contribution is 7.11. The molecule has 0 amide bonds. The quantitative estimate of drug-likeness (QED) is 0.587. The van der Waals surface area contributed by atoms with Gasteiger partial charge in [0, 0.05) is 43.3 Å². The molecule has 2 aromatic rings. The number of thiazole rings is 1. The van der Waals surface area contributed by atoms with Crippen molar-refractivity contribution in [3.8, 4) is 0 Å². The Kier molecular flexibility index (Phi) is 6.79. The fourth-order valence-electron chi connectivity index (χ4n) is 3.36. The summed E-state index contributed by atoms with van der Waals surface area (Å²) < 4.78 is 18.9. The summed E-state index contributed by atoms with van der Waals surface area (Å²) in [6, 6.07) is 6.85. The summed E-state index contributed by atoms with van der Waals surface area (Å²) in [5, 5.41) is 7.84. The van der Waals surface area contributed by atoms with Crippen LogP contribution in [0.3, 0.4) is 0 Å². The largest absolute Gasteiger partial charge is 0.381 e. The molecule has 1 aliphatic heterocycles. The van der Waals surface area contributed by atoms with Gasteiger partial charge < -0.3 is 15.4 Å². The Hall–Kier alpha value is -1.99. The van der Waals surface area contributed by atoms with Crippen molar-refractivity contribution in [1.82, 2.24) is 15.6 Å². The Morgan fingerprint density at radius 1 is 1.26 bits per heavy atom. The number of aliphatic imine (C=N–C) groups is 1. The number of benzene rings is 1. The SMILES string of the molecule is CCc1cnc(CNC(=NC)NCC2(c3ccc(F)cc3)CCOCC2)s1. The standard InChI is InChI=1S/C20H27FN4OS/c1-3-17-12-23-18(27-17)13-24-19(22-2)25-14-20(8-10-26-11-9-20)15-4-6-16(21)7-5-15/h4-7,12H,3,8-11,13-14H2,1-2H3,(H2,22,24,25). The van der Waals surface area contributed by atoms with Crippen molar-refractivity contribution in [2.24, 2.45) is 4.99 Å². The lowest BCUT2D eigenvalue weighted by molar-refractivity contribution is 0.0513. The van der Waals surface area contributed by atoms with Gasteiger partial charge in [0.05, 0.1) is 6.54 Å². The Bertz CT molecular complexity index is 754. The average molecular weight is 391 g/mol. The third-order valence-electron chi connectivity index (χ3n) is 5.08. The zero-order chi connectivity index (χ0) is 19.1. The number of nitrogens with one attached hydrogen (secondary N) is 2. The van der Waals surface area contributed by atoms with Crippen LogP contribution in [-0.2, 0) is 23.1 Å². The monoisotopic (exact) mass is 390 g/mol.